The number of rotatable bonds is 6. The molecule has 0 aliphatic carbocycles. The van der Waals surface area contributed by atoms with Gasteiger partial charge in [0.15, 0.2) is 9.84 Å². The number of benzene rings is 2. The summed E-state index contributed by atoms with van der Waals surface area (Å²) in [4.78, 5) is 12.1. The first kappa shape index (κ1) is 18.5. The highest BCUT2D eigenvalue weighted by Crippen LogP contribution is 2.13. The van der Waals surface area contributed by atoms with Gasteiger partial charge in [-0.25, -0.2) is 13.2 Å². The number of nitrogens with zero attached hydrogens (tertiary/aromatic N) is 1. The summed E-state index contributed by atoms with van der Waals surface area (Å²) in [7, 11) is -3.42. The molecule has 25 heavy (non-hydrogen) atoms. The molecule has 0 aliphatic rings. The Balaban J connectivity index is 1.83. The highest BCUT2D eigenvalue weighted by atomic mass is 32.2. The van der Waals surface area contributed by atoms with Gasteiger partial charge in [-0.1, -0.05) is 30.3 Å². The van der Waals surface area contributed by atoms with Crippen molar-refractivity contribution in [3.63, 3.8) is 0 Å². The quantitative estimate of drug-likeness (QED) is 0.829. The Hall–Kier alpha value is -2.85. The molecule has 0 heterocycles. The van der Waals surface area contributed by atoms with Crippen LogP contribution in [-0.4, -0.2) is 26.7 Å². The second kappa shape index (κ2) is 8.31. The minimum absolute atomic E-state index is 0.0170. The Morgan fingerprint density at radius 2 is 1.76 bits per heavy atom. The van der Waals surface area contributed by atoms with Gasteiger partial charge in [0.05, 0.1) is 28.3 Å². The van der Waals surface area contributed by atoms with Crippen molar-refractivity contribution in [2.75, 3.05) is 12.3 Å². The van der Waals surface area contributed by atoms with Crippen LogP contribution in [0.1, 0.15) is 24.1 Å². The van der Waals surface area contributed by atoms with Crippen LogP contribution in [0.5, 0.6) is 0 Å². The van der Waals surface area contributed by atoms with Gasteiger partial charge in [-0.2, -0.15) is 5.26 Å². The van der Waals surface area contributed by atoms with Crippen molar-refractivity contribution in [2.45, 2.75) is 17.9 Å². The zero-order valence-corrected chi connectivity index (χ0v) is 14.6. The number of nitriles is 1. The van der Waals surface area contributed by atoms with E-state index < -0.39 is 15.9 Å². The molecule has 0 spiro atoms. The standard InChI is InChI=1S/C18H19N3O3S/c1-14(16-9-7-15(13-19)8-10-16)21-18(22)20-11-12-25(23,24)17-5-3-2-4-6-17/h2-10,14H,11-12H2,1H3,(H2,20,21,22). The van der Waals surface area contributed by atoms with E-state index in [-0.39, 0.29) is 23.2 Å². The molecule has 2 N–H and O–H groups in total. The molecular formula is C18H19N3O3S. The molecule has 6 nitrogen and oxygen atoms in total. The van der Waals surface area contributed by atoms with Crippen molar-refractivity contribution >= 4 is 15.9 Å². The molecule has 0 aliphatic heterocycles. The first-order chi connectivity index (χ1) is 11.9. The summed E-state index contributed by atoms with van der Waals surface area (Å²) in [5.41, 5.74) is 1.40. The monoisotopic (exact) mass is 357 g/mol. The molecule has 130 valence electrons. The molecular weight excluding hydrogens is 338 g/mol. The van der Waals surface area contributed by atoms with Gasteiger partial charge in [0.2, 0.25) is 0 Å². The molecule has 1 unspecified atom stereocenters. The van der Waals surface area contributed by atoms with E-state index in [1.54, 1.807) is 42.5 Å². The van der Waals surface area contributed by atoms with Crippen LogP contribution in [0, 0.1) is 11.3 Å². The van der Waals surface area contributed by atoms with Crippen molar-refractivity contribution < 1.29 is 13.2 Å². The molecule has 7 heteroatoms. The molecule has 2 aromatic carbocycles. The third-order valence-corrected chi connectivity index (χ3v) is 5.38. The minimum atomic E-state index is -3.42. The lowest BCUT2D eigenvalue weighted by atomic mass is 10.1. The maximum atomic E-state index is 12.1. The number of urea groups is 1. The minimum Gasteiger partial charge on any atom is -0.337 e. The molecule has 0 saturated heterocycles. The highest BCUT2D eigenvalue weighted by Gasteiger charge is 2.15. The van der Waals surface area contributed by atoms with Crippen LogP contribution in [0.4, 0.5) is 4.79 Å². The zero-order chi connectivity index (χ0) is 18.3. The molecule has 2 aromatic rings. The Bertz CT molecular complexity index is 857. The maximum Gasteiger partial charge on any atom is 0.315 e. The Morgan fingerprint density at radius 1 is 1.12 bits per heavy atom. The molecule has 0 radical (unpaired) electrons. The first-order valence-electron chi connectivity index (χ1n) is 7.74. The topological polar surface area (TPSA) is 99.1 Å². The highest BCUT2D eigenvalue weighted by molar-refractivity contribution is 7.91. The van der Waals surface area contributed by atoms with Gasteiger partial charge in [-0.05, 0) is 36.8 Å². The van der Waals surface area contributed by atoms with Crippen LogP contribution >= 0.6 is 0 Å². The van der Waals surface area contributed by atoms with Crippen LogP contribution in [0.15, 0.2) is 59.5 Å². The smallest absolute Gasteiger partial charge is 0.315 e. The summed E-state index contributed by atoms with van der Waals surface area (Å²) < 4.78 is 24.2. The van der Waals surface area contributed by atoms with Gasteiger partial charge in [0.25, 0.3) is 0 Å². The lowest BCUT2D eigenvalue weighted by Gasteiger charge is -2.15. The van der Waals surface area contributed by atoms with Crippen LogP contribution in [0.3, 0.4) is 0 Å². The summed E-state index contributed by atoms with van der Waals surface area (Å²) in [6, 6.07) is 16.3. The van der Waals surface area contributed by atoms with Gasteiger partial charge >= 0.3 is 6.03 Å². The predicted molar refractivity (Wildman–Crippen MR) is 94.6 cm³/mol. The molecule has 0 fully saturated rings. The largest absolute Gasteiger partial charge is 0.337 e. The summed E-state index contributed by atoms with van der Waals surface area (Å²) >= 11 is 0. The fourth-order valence-corrected chi connectivity index (χ4v) is 3.40. The Labute approximate surface area is 147 Å². The lowest BCUT2D eigenvalue weighted by molar-refractivity contribution is 0.238. The van der Waals surface area contributed by atoms with Gasteiger partial charge < -0.3 is 10.6 Å². The van der Waals surface area contributed by atoms with E-state index in [0.717, 1.165) is 5.56 Å². The first-order valence-corrected chi connectivity index (χ1v) is 9.40. The summed E-state index contributed by atoms with van der Waals surface area (Å²) in [6.45, 7) is 1.82. The van der Waals surface area contributed by atoms with E-state index in [0.29, 0.717) is 5.56 Å². The normalized spacial score (nSPS) is 12.0. The van der Waals surface area contributed by atoms with Crippen molar-refractivity contribution in [3.05, 3.63) is 65.7 Å². The Morgan fingerprint density at radius 3 is 2.36 bits per heavy atom. The molecule has 0 aromatic heterocycles. The molecule has 2 amide bonds. The lowest BCUT2D eigenvalue weighted by Crippen LogP contribution is -2.39. The number of amides is 2. The summed E-state index contributed by atoms with van der Waals surface area (Å²) in [5.74, 6) is -0.171. The third-order valence-electron chi connectivity index (χ3n) is 3.65. The zero-order valence-electron chi connectivity index (χ0n) is 13.8. The second-order valence-corrected chi connectivity index (χ2v) is 7.60. The molecule has 1 atom stereocenters. The average Bonchev–Trinajstić information content (AvgIpc) is 2.62. The third kappa shape index (κ3) is 5.33. The van der Waals surface area contributed by atoms with E-state index in [9.17, 15) is 13.2 Å². The average molecular weight is 357 g/mol. The fraction of sp³-hybridized carbons (Fsp3) is 0.222. The molecule has 0 bridgehead atoms. The number of carbonyl (C=O) groups is 1. The van der Waals surface area contributed by atoms with Gasteiger partial charge in [0.1, 0.15) is 0 Å². The van der Waals surface area contributed by atoms with Gasteiger partial charge in [-0.3, -0.25) is 0 Å². The van der Waals surface area contributed by atoms with E-state index >= 15 is 0 Å². The molecule has 2 rings (SSSR count). The van der Waals surface area contributed by atoms with Crippen LogP contribution in [0.2, 0.25) is 0 Å². The number of hydrogen-bond acceptors (Lipinski definition) is 4. The fourth-order valence-electron chi connectivity index (χ4n) is 2.22. The van der Waals surface area contributed by atoms with E-state index in [4.69, 9.17) is 5.26 Å². The van der Waals surface area contributed by atoms with E-state index in [1.165, 1.54) is 12.1 Å². The van der Waals surface area contributed by atoms with Crippen molar-refractivity contribution in [2.24, 2.45) is 0 Å². The molecule has 0 saturated carbocycles. The second-order valence-electron chi connectivity index (χ2n) is 5.49. The van der Waals surface area contributed by atoms with Crippen molar-refractivity contribution in [3.8, 4) is 6.07 Å². The van der Waals surface area contributed by atoms with Crippen LogP contribution in [-0.2, 0) is 9.84 Å². The number of sulfone groups is 1. The van der Waals surface area contributed by atoms with E-state index in [2.05, 4.69) is 10.6 Å². The van der Waals surface area contributed by atoms with Crippen LogP contribution in [0.25, 0.3) is 0 Å². The number of hydrogen-bond donors (Lipinski definition) is 2. The van der Waals surface area contributed by atoms with Crippen molar-refractivity contribution in [1.29, 1.82) is 5.26 Å². The van der Waals surface area contributed by atoms with Gasteiger partial charge in [-0.15, -0.1) is 0 Å². The SMILES string of the molecule is CC(NC(=O)NCCS(=O)(=O)c1ccccc1)c1ccc(C#N)cc1. The van der Waals surface area contributed by atoms with Crippen LogP contribution < -0.4 is 10.6 Å². The summed E-state index contributed by atoms with van der Waals surface area (Å²) in [6.07, 6.45) is 0. The van der Waals surface area contributed by atoms with Gasteiger partial charge in [0, 0.05) is 6.54 Å². The number of nitrogens with one attached hydrogen (secondary N) is 2. The van der Waals surface area contributed by atoms with E-state index in [1.807, 2.05) is 13.0 Å². The predicted octanol–water partition coefficient (Wildman–Crippen LogP) is 2.39. The summed E-state index contributed by atoms with van der Waals surface area (Å²) in [5, 5.41) is 14.1. The van der Waals surface area contributed by atoms with Crippen molar-refractivity contribution in [1.82, 2.24) is 10.6 Å². The number of carbonyl (C=O) groups excluding carboxylic acids is 1. The maximum absolute atomic E-state index is 12.1. The Kier molecular flexibility index (Phi) is 6.14.